The maximum atomic E-state index is 3.36. The van der Waals surface area contributed by atoms with E-state index in [1.165, 1.54) is 19.3 Å². The Morgan fingerprint density at radius 1 is 1.40 bits per heavy atom. The third-order valence-electron chi connectivity index (χ3n) is 1.93. The lowest BCUT2D eigenvalue weighted by Gasteiger charge is -2.41. The highest BCUT2D eigenvalue weighted by Crippen LogP contribution is 2.35. The molecule has 0 amide bonds. The van der Waals surface area contributed by atoms with Gasteiger partial charge in [0.1, 0.15) is 0 Å². The van der Waals surface area contributed by atoms with Gasteiger partial charge in [0.05, 0.1) is 0 Å². The van der Waals surface area contributed by atoms with Gasteiger partial charge in [0.25, 0.3) is 0 Å². The maximum Gasteiger partial charge on any atom is 0.0418 e. The van der Waals surface area contributed by atoms with Crippen LogP contribution in [0.5, 0.6) is 0 Å². The van der Waals surface area contributed by atoms with Gasteiger partial charge in [-0.15, -0.1) is 0 Å². The zero-order valence-electron chi connectivity index (χ0n) is 5.41. The fourth-order valence-corrected chi connectivity index (χ4v) is 3.13. The fraction of sp³-hybridized carbons (Fsp3) is 1.00. The predicted molar refractivity (Wildman–Crippen MR) is 68.5 cm³/mol. The van der Waals surface area contributed by atoms with E-state index in [1.807, 2.05) is 0 Å². The van der Waals surface area contributed by atoms with Crippen molar-refractivity contribution in [1.29, 1.82) is 0 Å². The Morgan fingerprint density at radius 2 is 2.00 bits per heavy atom. The molecule has 1 saturated carbocycles. The molecule has 0 radical (unpaired) electrons. The highest BCUT2D eigenvalue weighted by atomic mass is 127. The summed E-state index contributed by atoms with van der Waals surface area (Å²) in [5.74, 6) is 0. The van der Waals surface area contributed by atoms with Gasteiger partial charge in [-0.1, -0.05) is 0 Å². The lowest BCUT2D eigenvalue weighted by molar-refractivity contribution is 0.227. The van der Waals surface area contributed by atoms with Crippen LogP contribution in [0.25, 0.3) is 0 Å². The number of nitrogens with zero attached hydrogens (tertiary/aromatic N) is 1. The second kappa shape index (κ2) is 4.38. The summed E-state index contributed by atoms with van der Waals surface area (Å²) in [5.41, 5.74) is 0.433. The monoisotopic (exact) mass is 478 g/mol. The van der Waals surface area contributed by atoms with E-state index in [4.69, 9.17) is 0 Å². The number of rotatable bonds is 3. The zero-order chi connectivity index (χ0) is 7.61. The van der Waals surface area contributed by atoms with Gasteiger partial charge < -0.3 is 0 Å². The highest BCUT2D eigenvalue weighted by molar-refractivity contribution is 14.2. The second-order valence-electron chi connectivity index (χ2n) is 2.69. The van der Waals surface area contributed by atoms with E-state index >= 15 is 0 Å². The van der Waals surface area contributed by atoms with Crippen molar-refractivity contribution in [3.8, 4) is 0 Å². The van der Waals surface area contributed by atoms with E-state index in [1.54, 1.807) is 0 Å². The molecule has 1 rings (SSSR count). The molecule has 0 aromatic rings. The normalized spacial score (nSPS) is 22.8. The van der Waals surface area contributed by atoms with Gasteiger partial charge in [0.2, 0.25) is 0 Å². The van der Waals surface area contributed by atoms with Crippen LogP contribution in [0, 0.1) is 0 Å². The summed E-state index contributed by atoms with van der Waals surface area (Å²) in [4.78, 5) is 0. The molecule has 1 N–H and O–H groups in total. The molecular formula is C5H9I3N2. The van der Waals surface area contributed by atoms with E-state index in [0.717, 1.165) is 6.54 Å². The van der Waals surface area contributed by atoms with Gasteiger partial charge in [0.15, 0.2) is 0 Å². The minimum atomic E-state index is 0.433. The van der Waals surface area contributed by atoms with Crippen LogP contribution < -0.4 is 3.53 Å². The Bertz CT molecular complexity index is 108. The van der Waals surface area contributed by atoms with Crippen molar-refractivity contribution in [1.82, 2.24) is 4.86 Å². The number of nitrogens with one attached hydrogen (secondary N) is 1. The van der Waals surface area contributed by atoms with Crippen molar-refractivity contribution in [2.75, 3.05) is 6.54 Å². The topological polar surface area (TPSA) is 15.3 Å². The molecule has 0 heterocycles. The summed E-state index contributed by atoms with van der Waals surface area (Å²) in [5, 5.41) is 0. The van der Waals surface area contributed by atoms with Gasteiger partial charge >= 0.3 is 0 Å². The van der Waals surface area contributed by atoms with Crippen molar-refractivity contribution >= 4 is 68.6 Å². The van der Waals surface area contributed by atoms with Crippen LogP contribution in [0.1, 0.15) is 19.3 Å². The molecule has 0 atom stereocenters. The van der Waals surface area contributed by atoms with E-state index in [-0.39, 0.29) is 0 Å². The van der Waals surface area contributed by atoms with Gasteiger partial charge in [-0.25, -0.2) is 0 Å². The van der Waals surface area contributed by atoms with E-state index in [9.17, 15) is 0 Å². The van der Waals surface area contributed by atoms with Crippen LogP contribution in [-0.2, 0) is 0 Å². The lowest BCUT2D eigenvalue weighted by Crippen LogP contribution is -2.51. The van der Waals surface area contributed by atoms with Gasteiger partial charge in [0, 0.05) is 80.7 Å². The molecule has 0 aromatic carbocycles. The van der Waals surface area contributed by atoms with Crippen molar-refractivity contribution in [2.24, 2.45) is 0 Å². The average Bonchev–Trinajstić information content (AvgIpc) is 1.78. The third-order valence-corrected chi connectivity index (χ3v) is 3.76. The first-order chi connectivity index (χ1) is 4.68. The average molecular weight is 478 g/mol. The quantitative estimate of drug-likeness (QED) is 0.497. The Labute approximate surface area is 103 Å². The SMILES string of the molecule is INC1(CN(I)I)CCC1. The van der Waals surface area contributed by atoms with Crippen molar-refractivity contribution in [3.05, 3.63) is 0 Å². The Balaban J connectivity index is 2.33. The molecule has 10 heavy (non-hydrogen) atoms. The number of hydrogen-bond acceptors (Lipinski definition) is 2. The van der Waals surface area contributed by atoms with Gasteiger partial charge in [-0.05, 0) is 19.3 Å². The molecule has 60 valence electrons. The molecule has 2 nitrogen and oxygen atoms in total. The standard InChI is InChI=1S/C5H9I3N2/c6-9-5(2-1-3-5)4-10(7)8/h9H,1-4H2. The lowest BCUT2D eigenvalue weighted by atomic mass is 9.78. The fourth-order valence-electron chi connectivity index (χ4n) is 1.11. The number of halogens is 3. The second-order valence-corrected chi connectivity index (χ2v) is 7.40. The van der Waals surface area contributed by atoms with Crippen molar-refractivity contribution in [2.45, 2.75) is 24.8 Å². The summed E-state index contributed by atoms with van der Waals surface area (Å²) < 4.78 is 5.56. The Morgan fingerprint density at radius 3 is 2.10 bits per heavy atom. The summed E-state index contributed by atoms with van der Waals surface area (Å²) in [6, 6.07) is 0. The molecule has 0 bridgehead atoms. The smallest absolute Gasteiger partial charge is 0.0418 e. The molecule has 0 unspecified atom stereocenters. The van der Waals surface area contributed by atoms with E-state index in [2.05, 4.69) is 73.5 Å². The van der Waals surface area contributed by atoms with Crippen LogP contribution in [0.3, 0.4) is 0 Å². The largest absolute Gasteiger partial charge is 0.254 e. The van der Waals surface area contributed by atoms with Gasteiger partial charge in [-0.3, -0.25) is 3.53 Å². The summed E-state index contributed by atoms with van der Waals surface area (Å²) in [7, 11) is 0. The van der Waals surface area contributed by atoms with Crippen LogP contribution in [0.4, 0.5) is 0 Å². The van der Waals surface area contributed by atoms with E-state index < -0.39 is 0 Å². The first-order valence-corrected chi connectivity index (χ1v) is 6.16. The number of hydrogen-bond donors (Lipinski definition) is 1. The highest BCUT2D eigenvalue weighted by Gasteiger charge is 2.36. The molecule has 0 spiro atoms. The first-order valence-electron chi connectivity index (χ1n) is 3.15. The predicted octanol–water partition coefficient (Wildman–Crippen LogP) is 2.85. The molecular weight excluding hydrogens is 469 g/mol. The molecule has 5 heteroatoms. The Kier molecular flexibility index (Phi) is 4.46. The molecule has 1 fully saturated rings. The van der Waals surface area contributed by atoms with Gasteiger partial charge in [-0.2, -0.15) is 1.33 Å². The molecule has 0 aromatic heterocycles. The third kappa shape index (κ3) is 2.56. The molecule has 0 aliphatic heterocycles. The zero-order valence-corrected chi connectivity index (χ0v) is 11.9. The summed E-state index contributed by atoms with van der Waals surface area (Å²) in [6.07, 6.45) is 4.05. The van der Waals surface area contributed by atoms with Crippen LogP contribution in [0.2, 0.25) is 0 Å². The minimum Gasteiger partial charge on any atom is -0.254 e. The molecule has 0 saturated heterocycles. The van der Waals surface area contributed by atoms with Crippen molar-refractivity contribution < 1.29 is 0 Å². The summed E-state index contributed by atoms with van der Waals surface area (Å²) in [6.45, 7) is 1.15. The van der Waals surface area contributed by atoms with E-state index in [0.29, 0.717) is 5.54 Å². The van der Waals surface area contributed by atoms with Crippen molar-refractivity contribution in [3.63, 3.8) is 0 Å². The van der Waals surface area contributed by atoms with Crippen LogP contribution >= 0.6 is 68.6 Å². The first kappa shape index (κ1) is 10.2. The molecule has 1 aliphatic carbocycles. The van der Waals surface area contributed by atoms with Crippen LogP contribution in [-0.4, -0.2) is 13.4 Å². The minimum absolute atomic E-state index is 0.433. The molecule has 1 aliphatic rings. The summed E-state index contributed by atoms with van der Waals surface area (Å²) >= 11 is 6.92. The van der Waals surface area contributed by atoms with Crippen LogP contribution in [0.15, 0.2) is 0 Å². The Hall–Kier alpha value is 2.11. The maximum absolute atomic E-state index is 3.36.